The molecule has 3 rings (SSSR count). The van der Waals surface area contributed by atoms with Crippen LogP contribution < -0.4 is 5.73 Å². The molecule has 1 aliphatic rings. The quantitative estimate of drug-likeness (QED) is 0.897. The minimum Gasteiger partial charge on any atom is -0.465 e. The summed E-state index contributed by atoms with van der Waals surface area (Å²) in [6.07, 6.45) is 1.90. The van der Waals surface area contributed by atoms with Gasteiger partial charge in [-0.1, -0.05) is 32.9 Å². The van der Waals surface area contributed by atoms with Crippen molar-refractivity contribution in [3.05, 3.63) is 47.8 Å². The lowest BCUT2D eigenvalue weighted by Crippen LogP contribution is -2.44. The van der Waals surface area contributed by atoms with Gasteiger partial charge in [0.25, 0.3) is 0 Å². The van der Waals surface area contributed by atoms with Crippen LogP contribution in [0.4, 0.5) is 4.79 Å². The van der Waals surface area contributed by atoms with Crippen LogP contribution in [0, 0.1) is 5.41 Å². The van der Waals surface area contributed by atoms with Crippen LogP contribution in [0.5, 0.6) is 0 Å². The number of hydrogen-bond donors (Lipinski definition) is 2. The average molecular weight is 342 g/mol. The number of carboxylic acid groups (broad SMARTS) is 1. The molecule has 0 spiro atoms. The smallest absolute Gasteiger partial charge is 0.407 e. The van der Waals surface area contributed by atoms with Crippen LogP contribution in [0.1, 0.15) is 44.4 Å². The summed E-state index contributed by atoms with van der Waals surface area (Å²) in [5.41, 5.74) is 8.50. The second-order valence-corrected chi connectivity index (χ2v) is 7.74. The number of nitrogens with two attached hydrogens (primary N) is 1. The van der Waals surface area contributed by atoms with E-state index in [1.807, 2.05) is 41.2 Å². The lowest BCUT2D eigenvalue weighted by molar-refractivity contribution is 0.101. The largest absolute Gasteiger partial charge is 0.465 e. The molecule has 1 amide bonds. The van der Waals surface area contributed by atoms with Gasteiger partial charge in [-0.3, -0.25) is 0 Å². The van der Waals surface area contributed by atoms with Crippen LogP contribution in [-0.4, -0.2) is 38.5 Å². The zero-order chi connectivity index (χ0) is 18.2. The molecule has 1 aliphatic heterocycles. The van der Waals surface area contributed by atoms with Gasteiger partial charge < -0.3 is 15.7 Å². The molecular formula is C19H26N4O2. The molecule has 0 saturated carbocycles. The number of aromatic nitrogens is 2. The third-order valence-electron chi connectivity index (χ3n) is 4.96. The minimum atomic E-state index is -0.848. The standard InChI is InChI=1S/C19H26N4O2/c1-19(2,3)17-15(8-10-22(17)18(24)25)16-9-11-23(21-16)14-6-4-13(12-20)5-7-14/h4-7,9,11,15,17H,8,10,12,20H2,1-3H3,(H,24,25). The first-order valence-corrected chi connectivity index (χ1v) is 8.66. The number of likely N-dealkylation sites (tertiary alicyclic amines) is 1. The van der Waals surface area contributed by atoms with Gasteiger partial charge in [-0.2, -0.15) is 5.10 Å². The van der Waals surface area contributed by atoms with E-state index in [1.54, 1.807) is 4.90 Å². The highest BCUT2D eigenvalue weighted by Gasteiger charge is 2.45. The molecule has 0 radical (unpaired) electrons. The van der Waals surface area contributed by atoms with Crippen LogP contribution >= 0.6 is 0 Å². The van der Waals surface area contributed by atoms with Crippen molar-refractivity contribution in [1.29, 1.82) is 0 Å². The second kappa shape index (κ2) is 6.52. The molecule has 1 aromatic heterocycles. The Bertz CT molecular complexity index is 746. The van der Waals surface area contributed by atoms with Gasteiger partial charge >= 0.3 is 6.09 Å². The fraction of sp³-hybridized carbons (Fsp3) is 0.474. The molecule has 2 unspecified atom stereocenters. The number of benzene rings is 1. The lowest BCUT2D eigenvalue weighted by Gasteiger charge is -2.36. The summed E-state index contributed by atoms with van der Waals surface area (Å²) in [5.74, 6) is 0.112. The number of nitrogens with zero attached hydrogens (tertiary/aromatic N) is 3. The van der Waals surface area contributed by atoms with Crippen LogP contribution in [0.15, 0.2) is 36.5 Å². The first-order valence-electron chi connectivity index (χ1n) is 8.66. The van der Waals surface area contributed by atoms with Gasteiger partial charge in [0.15, 0.2) is 0 Å². The van der Waals surface area contributed by atoms with Crippen molar-refractivity contribution in [2.24, 2.45) is 11.1 Å². The normalized spacial score (nSPS) is 20.9. The first kappa shape index (κ1) is 17.5. The van der Waals surface area contributed by atoms with Gasteiger partial charge in [0.05, 0.1) is 11.4 Å². The van der Waals surface area contributed by atoms with Crippen LogP contribution in [0.2, 0.25) is 0 Å². The first-order chi connectivity index (χ1) is 11.8. The van der Waals surface area contributed by atoms with Crippen molar-refractivity contribution in [2.75, 3.05) is 6.54 Å². The van der Waals surface area contributed by atoms with Crippen molar-refractivity contribution in [3.8, 4) is 5.69 Å². The topological polar surface area (TPSA) is 84.4 Å². The Morgan fingerprint density at radius 3 is 2.52 bits per heavy atom. The molecule has 2 heterocycles. The molecule has 0 bridgehead atoms. The SMILES string of the molecule is CC(C)(C)C1C(c2ccn(-c3ccc(CN)cc3)n2)CCN1C(=O)O. The Kier molecular flexibility index (Phi) is 4.56. The van der Waals surface area contributed by atoms with E-state index in [4.69, 9.17) is 10.8 Å². The average Bonchev–Trinajstić information content (AvgIpc) is 3.21. The van der Waals surface area contributed by atoms with Gasteiger partial charge in [0.2, 0.25) is 0 Å². The Balaban J connectivity index is 1.89. The molecule has 3 N–H and O–H groups in total. The highest BCUT2D eigenvalue weighted by atomic mass is 16.4. The Morgan fingerprint density at radius 1 is 1.28 bits per heavy atom. The van der Waals surface area contributed by atoms with Crippen molar-refractivity contribution < 1.29 is 9.90 Å². The highest BCUT2D eigenvalue weighted by Crippen LogP contribution is 2.42. The molecule has 6 nitrogen and oxygen atoms in total. The molecule has 6 heteroatoms. The van der Waals surface area contributed by atoms with Gasteiger partial charge in [0.1, 0.15) is 0 Å². The maximum atomic E-state index is 11.6. The molecule has 2 aromatic rings. The molecule has 25 heavy (non-hydrogen) atoms. The molecule has 0 aliphatic carbocycles. The van der Waals surface area contributed by atoms with Crippen LogP contribution in [0.25, 0.3) is 5.69 Å². The number of rotatable bonds is 3. The zero-order valence-corrected chi connectivity index (χ0v) is 15.0. The fourth-order valence-corrected chi connectivity index (χ4v) is 3.85. The van der Waals surface area contributed by atoms with Gasteiger partial charge in [-0.25, -0.2) is 9.48 Å². The van der Waals surface area contributed by atoms with E-state index < -0.39 is 6.09 Å². The Morgan fingerprint density at radius 2 is 1.96 bits per heavy atom. The van der Waals surface area contributed by atoms with E-state index in [0.29, 0.717) is 13.1 Å². The summed E-state index contributed by atoms with van der Waals surface area (Å²) in [7, 11) is 0. The van der Waals surface area contributed by atoms with E-state index >= 15 is 0 Å². The second-order valence-electron chi connectivity index (χ2n) is 7.74. The minimum absolute atomic E-state index is 0.0760. The van der Waals surface area contributed by atoms with Gasteiger partial charge in [-0.15, -0.1) is 0 Å². The highest BCUT2D eigenvalue weighted by molar-refractivity contribution is 5.66. The van der Waals surface area contributed by atoms with Crippen molar-refractivity contribution in [2.45, 2.75) is 45.7 Å². The van der Waals surface area contributed by atoms with Gasteiger partial charge in [0, 0.05) is 31.2 Å². The summed E-state index contributed by atoms with van der Waals surface area (Å²) >= 11 is 0. The molecule has 2 atom stereocenters. The third-order valence-corrected chi connectivity index (χ3v) is 4.96. The number of amides is 1. The summed E-state index contributed by atoms with van der Waals surface area (Å²) < 4.78 is 1.85. The van der Waals surface area contributed by atoms with E-state index in [1.165, 1.54) is 0 Å². The Hall–Kier alpha value is -2.34. The van der Waals surface area contributed by atoms with E-state index in [-0.39, 0.29) is 17.4 Å². The van der Waals surface area contributed by atoms with Crippen molar-refractivity contribution in [3.63, 3.8) is 0 Å². The predicted octanol–water partition coefficient (Wildman–Crippen LogP) is 3.21. The summed E-state index contributed by atoms with van der Waals surface area (Å²) in [6.45, 7) is 7.35. The maximum absolute atomic E-state index is 11.6. The van der Waals surface area contributed by atoms with Crippen molar-refractivity contribution in [1.82, 2.24) is 14.7 Å². The predicted molar refractivity (Wildman–Crippen MR) is 96.8 cm³/mol. The number of hydrogen-bond acceptors (Lipinski definition) is 3. The fourth-order valence-electron chi connectivity index (χ4n) is 3.85. The Labute approximate surface area is 148 Å². The monoisotopic (exact) mass is 342 g/mol. The molecule has 134 valence electrons. The molecular weight excluding hydrogens is 316 g/mol. The van der Waals surface area contributed by atoms with E-state index in [0.717, 1.165) is 23.4 Å². The summed E-state index contributed by atoms with van der Waals surface area (Å²) in [5, 5.41) is 14.3. The number of carbonyl (C=O) groups is 1. The summed E-state index contributed by atoms with van der Waals surface area (Å²) in [4.78, 5) is 13.2. The van der Waals surface area contributed by atoms with E-state index in [9.17, 15) is 9.90 Å². The maximum Gasteiger partial charge on any atom is 0.407 e. The summed E-state index contributed by atoms with van der Waals surface area (Å²) in [6, 6.07) is 9.92. The van der Waals surface area contributed by atoms with E-state index in [2.05, 4.69) is 20.8 Å². The molecule has 1 fully saturated rings. The van der Waals surface area contributed by atoms with Crippen LogP contribution in [-0.2, 0) is 6.54 Å². The van der Waals surface area contributed by atoms with Crippen molar-refractivity contribution >= 4 is 6.09 Å². The zero-order valence-electron chi connectivity index (χ0n) is 15.0. The third kappa shape index (κ3) is 3.39. The molecule has 1 aromatic carbocycles. The van der Waals surface area contributed by atoms with Gasteiger partial charge in [-0.05, 0) is 35.6 Å². The van der Waals surface area contributed by atoms with Crippen LogP contribution in [0.3, 0.4) is 0 Å². The molecule has 1 saturated heterocycles. The lowest BCUT2D eigenvalue weighted by atomic mass is 9.78.